The Balaban J connectivity index is 0.00000101. The van der Waals surface area contributed by atoms with Crippen LogP contribution in [0.15, 0.2) is 36.4 Å². The van der Waals surface area contributed by atoms with Gasteiger partial charge in [0, 0.05) is 28.7 Å². The molecule has 1 amide bonds. The summed E-state index contributed by atoms with van der Waals surface area (Å²) in [6.07, 6.45) is 1.70. The fourth-order valence-electron chi connectivity index (χ4n) is 2.75. The van der Waals surface area contributed by atoms with E-state index < -0.39 is 0 Å². The molecule has 0 atom stereocenters. The molecule has 0 fully saturated rings. The number of aryl methyl sites for hydroxylation is 1. The Labute approximate surface area is 168 Å². The van der Waals surface area contributed by atoms with Crippen molar-refractivity contribution in [2.24, 2.45) is 0 Å². The maximum atomic E-state index is 12.7. The number of nitrogens with one attached hydrogen (secondary N) is 1. The van der Waals surface area contributed by atoms with Gasteiger partial charge in [-0.3, -0.25) is 4.79 Å². The first-order valence-corrected chi connectivity index (χ1v) is 9.06. The second-order valence-corrected chi connectivity index (χ2v) is 6.28. The Kier molecular flexibility index (Phi) is 8.72. The van der Waals surface area contributed by atoms with Gasteiger partial charge in [-0.1, -0.05) is 47.5 Å². The molecule has 136 valence electrons. The molecule has 0 aromatic heterocycles. The molecule has 3 rings (SSSR count). The molecule has 1 N–H and O–H groups in total. The molecule has 0 saturated heterocycles. The van der Waals surface area contributed by atoms with Crippen LogP contribution in [-0.2, 0) is 35.1 Å². The van der Waals surface area contributed by atoms with Crippen molar-refractivity contribution in [1.29, 1.82) is 0 Å². The van der Waals surface area contributed by atoms with E-state index in [-0.39, 0.29) is 13.3 Å². The van der Waals surface area contributed by atoms with Gasteiger partial charge in [-0.15, -0.1) is 5.69 Å². The van der Waals surface area contributed by atoms with Crippen molar-refractivity contribution < 1.29 is 26.9 Å². The molecule has 7 heteroatoms. The third kappa shape index (κ3) is 5.35. The molecule has 1 aliphatic rings. The summed E-state index contributed by atoms with van der Waals surface area (Å²) in [5, 5.41) is 1.16. The van der Waals surface area contributed by atoms with Crippen LogP contribution in [0.5, 0.6) is 0 Å². The van der Waals surface area contributed by atoms with Crippen LogP contribution in [-0.4, -0.2) is 17.4 Å². The summed E-state index contributed by atoms with van der Waals surface area (Å²) >= 11 is 12.7. The van der Waals surface area contributed by atoms with Crippen molar-refractivity contribution in [3.8, 4) is 0 Å². The van der Waals surface area contributed by atoms with E-state index in [1.165, 1.54) is 0 Å². The average Bonchev–Trinajstić information content (AvgIpc) is 2.71. The summed E-state index contributed by atoms with van der Waals surface area (Å²) in [6.45, 7) is 1.15. The fourth-order valence-corrected chi connectivity index (χ4v) is 3.22. The number of carbonyl (C=O) groups is 1. The standard InChI is InChI=1S/C17H16Cl2N2O.CH3.O.Os/c18-13-4-3-12(16(19)9-13)10-21-7-1-2-11-8-14(20)5-6-15(11)17(21)22;;;/h3-6,8-9H,1-2,7,10H2,(H2,20,22);1H3;;/q;-1;;/p-1. The molecule has 0 unspecified atom stereocenters. The van der Waals surface area contributed by atoms with E-state index in [9.17, 15) is 4.79 Å². The van der Waals surface area contributed by atoms with Crippen molar-refractivity contribution >= 4 is 34.8 Å². The third-order valence-corrected chi connectivity index (χ3v) is 4.46. The molecule has 4 nitrogen and oxygen atoms in total. The number of hydrogen-bond acceptors (Lipinski definition) is 2. The predicted octanol–water partition coefficient (Wildman–Crippen LogP) is 5.59. The Morgan fingerprint density at radius 2 is 1.84 bits per heavy atom. The molecule has 0 saturated carbocycles. The van der Waals surface area contributed by atoms with Crippen molar-refractivity contribution in [2.75, 3.05) is 6.54 Å². The van der Waals surface area contributed by atoms with Gasteiger partial charge in [0.05, 0.1) is 0 Å². The molecule has 1 heterocycles. The maximum absolute atomic E-state index is 12.7. The first kappa shape index (κ1) is 21.8. The van der Waals surface area contributed by atoms with Gasteiger partial charge in [0.25, 0.3) is 5.91 Å². The quantitative estimate of drug-likeness (QED) is 0.454. The van der Waals surface area contributed by atoms with E-state index >= 15 is 0 Å². The average molecular weight is 555 g/mol. The number of nitrogens with zero attached hydrogens (tertiary/aromatic N) is 1. The zero-order valence-corrected chi connectivity index (χ0v) is 17.7. The number of carbonyl (C=O) groups excluding carboxylic acids is 1. The minimum absolute atomic E-state index is 0. The van der Waals surface area contributed by atoms with Gasteiger partial charge in [-0.2, -0.15) is 0 Å². The van der Waals surface area contributed by atoms with E-state index in [1.54, 1.807) is 30.3 Å². The number of hydrogen-bond donors (Lipinski definition) is 0. The van der Waals surface area contributed by atoms with Crippen LogP contribution in [0.2, 0.25) is 10.0 Å². The van der Waals surface area contributed by atoms with Crippen LogP contribution >= 0.6 is 23.2 Å². The molecule has 25 heavy (non-hydrogen) atoms. The van der Waals surface area contributed by atoms with E-state index in [0.717, 1.165) is 24.0 Å². The topological polar surface area (TPSA) is 61.2 Å². The Morgan fingerprint density at radius 3 is 2.52 bits per heavy atom. The molecule has 0 bridgehead atoms. The number of amides is 1. The van der Waals surface area contributed by atoms with Crippen molar-refractivity contribution in [2.45, 2.75) is 19.4 Å². The monoisotopic (exact) mass is 556 g/mol. The summed E-state index contributed by atoms with van der Waals surface area (Å²) in [5.74, 6) is -0.00137. The summed E-state index contributed by atoms with van der Waals surface area (Å²) in [7, 11) is 0. The van der Waals surface area contributed by atoms with Crippen LogP contribution in [0, 0.1) is 7.43 Å². The van der Waals surface area contributed by atoms with Crippen molar-refractivity contribution in [3.63, 3.8) is 0 Å². The van der Waals surface area contributed by atoms with Crippen LogP contribution in [0.1, 0.15) is 27.9 Å². The molecule has 0 radical (unpaired) electrons. The Bertz CT molecular complexity index is 756. The van der Waals surface area contributed by atoms with Crippen LogP contribution in [0.25, 0.3) is 5.73 Å². The number of rotatable bonds is 2. The number of fused-ring (bicyclic) bond motifs is 1. The fraction of sp³-hybridized carbons (Fsp3) is 0.222. The van der Waals surface area contributed by atoms with E-state index in [4.69, 9.17) is 32.5 Å². The second-order valence-electron chi connectivity index (χ2n) is 5.44. The Morgan fingerprint density at radius 1 is 1.12 bits per heavy atom. The van der Waals surface area contributed by atoms with Gasteiger partial charge in [0.1, 0.15) is 0 Å². The second kappa shape index (κ2) is 10.0. The SMILES string of the molecule is [CH3-].[NH-]c1ccc2c(c1)CCCN(Cc1ccc(Cl)cc1Cl)C2=O.[O]=[Os]. The van der Waals surface area contributed by atoms with Crippen molar-refractivity contribution in [1.82, 2.24) is 4.90 Å². The third-order valence-electron chi connectivity index (χ3n) is 3.87. The van der Waals surface area contributed by atoms with Gasteiger partial charge in [0.15, 0.2) is 0 Å². The first-order chi connectivity index (χ1) is 11.5. The molecular weight excluding hydrogens is 537 g/mol. The summed E-state index contributed by atoms with van der Waals surface area (Å²) in [5.41, 5.74) is 10.7. The molecule has 2 aromatic rings. The zero-order valence-electron chi connectivity index (χ0n) is 13.7. The van der Waals surface area contributed by atoms with Crippen LogP contribution < -0.4 is 0 Å². The number of halogens is 2. The van der Waals surface area contributed by atoms with E-state index in [1.807, 2.05) is 11.0 Å². The molecule has 1 aliphatic heterocycles. The molecular formula is C18H18Cl2N2O2Os-2. The minimum atomic E-state index is -0.00137. The van der Waals surface area contributed by atoms with Gasteiger partial charge < -0.3 is 18.1 Å². The van der Waals surface area contributed by atoms with Crippen molar-refractivity contribution in [3.05, 3.63) is 76.3 Å². The van der Waals surface area contributed by atoms with Crippen LogP contribution in [0.3, 0.4) is 0 Å². The van der Waals surface area contributed by atoms with Gasteiger partial charge in [-0.05, 0) is 36.1 Å². The van der Waals surface area contributed by atoms with E-state index in [2.05, 4.69) is 0 Å². The molecule has 2 aromatic carbocycles. The summed E-state index contributed by atoms with van der Waals surface area (Å²) < 4.78 is 8.28. The molecule has 0 aliphatic carbocycles. The predicted molar refractivity (Wildman–Crippen MR) is 97.0 cm³/mol. The van der Waals surface area contributed by atoms with E-state index in [0.29, 0.717) is 52.9 Å². The van der Waals surface area contributed by atoms with Gasteiger partial charge in [0.2, 0.25) is 0 Å². The van der Waals surface area contributed by atoms with Gasteiger partial charge in [-0.25, -0.2) is 0 Å². The molecule has 0 spiro atoms. The Hall–Kier alpha value is -1.27. The first-order valence-electron chi connectivity index (χ1n) is 7.27. The van der Waals surface area contributed by atoms with Crippen LogP contribution in [0.4, 0.5) is 5.69 Å². The normalized spacial score (nSPS) is 13.1. The summed E-state index contributed by atoms with van der Waals surface area (Å²) in [6, 6.07) is 10.5. The van der Waals surface area contributed by atoms with Gasteiger partial charge >= 0.3 is 22.1 Å². The summed E-state index contributed by atoms with van der Waals surface area (Å²) in [4.78, 5) is 14.5. The number of benzene rings is 2. The zero-order chi connectivity index (χ0) is 17.7.